The molecule has 0 unspecified atom stereocenters. The molecule has 0 aliphatic carbocycles. The van der Waals surface area contributed by atoms with Crippen LogP contribution in [0.4, 0.5) is 4.39 Å². The van der Waals surface area contributed by atoms with E-state index in [-0.39, 0.29) is 23.5 Å². The maximum Gasteiger partial charge on any atom is 0.225 e. The third kappa shape index (κ3) is 3.99. The fourth-order valence-electron chi connectivity index (χ4n) is 3.18. The van der Waals surface area contributed by atoms with Gasteiger partial charge in [0.1, 0.15) is 0 Å². The van der Waals surface area contributed by atoms with Gasteiger partial charge in [-0.15, -0.1) is 0 Å². The zero-order chi connectivity index (χ0) is 17.8. The molecule has 0 bridgehead atoms. The van der Waals surface area contributed by atoms with Gasteiger partial charge in [-0.1, -0.05) is 6.07 Å². The molecule has 1 amide bonds. The van der Waals surface area contributed by atoms with Gasteiger partial charge in [-0.2, -0.15) is 5.10 Å². The number of benzene rings is 1. The monoisotopic (exact) mass is 346 g/mol. The number of amides is 1. The lowest BCUT2D eigenvalue weighted by molar-refractivity contribution is -0.125. The Kier molecular flexibility index (Phi) is 5.33. The summed E-state index contributed by atoms with van der Waals surface area (Å²) in [5.74, 6) is -0.269. The van der Waals surface area contributed by atoms with Crippen molar-refractivity contribution in [3.05, 3.63) is 47.5 Å². The van der Waals surface area contributed by atoms with Crippen molar-refractivity contribution < 1.29 is 13.9 Å². The molecule has 2 atom stereocenters. The molecule has 1 aliphatic rings. The number of carbonyl (C=O) groups is 1. The molecule has 0 radical (unpaired) electrons. The molecule has 134 valence electrons. The third-order valence-corrected chi connectivity index (χ3v) is 4.47. The third-order valence-electron chi connectivity index (χ3n) is 4.47. The number of nitrogens with one attached hydrogen (secondary N) is 2. The van der Waals surface area contributed by atoms with Gasteiger partial charge in [-0.25, -0.2) is 4.39 Å². The zero-order valence-electron chi connectivity index (χ0n) is 14.5. The summed E-state index contributed by atoms with van der Waals surface area (Å²) in [6.07, 6.45) is 3.75. The van der Waals surface area contributed by atoms with Gasteiger partial charge in [0.2, 0.25) is 5.91 Å². The summed E-state index contributed by atoms with van der Waals surface area (Å²) in [5, 5.41) is 10.4. The van der Waals surface area contributed by atoms with Crippen LogP contribution in [0.15, 0.2) is 30.6 Å². The largest absolute Gasteiger partial charge is 0.491 e. The number of rotatable bonds is 6. The molecule has 1 aromatic heterocycles. The lowest BCUT2D eigenvalue weighted by Crippen LogP contribution is -2.34. The highest BCUT2D eigenvalue weighted by Gasteiger charge is 2.34. The van der Waals surface area contributed by atoms with Crippen LogP contribution >= 0.6 is 0 Å². The van der Waals surface area contributed by atoms with E-state index >= 15 is 0 Å². The molecule has 1 saturated heterocycles. The van der Waals surface area contributed by atoms with E-state index in [0.717, 1.165) is 12.1 Å². The summed E-state index contributed by atoms with van der Waals surface area (Å²) < 4.78 is 20.8. The van der Waals surface area contributed by atoms with Crippen LogP contribution in [0.25, 0.3) is 0 Å². The van der Waals surface area contributed by atoms with Crippen molar-refractivity contribution in [2.75, 3.05) is 19.7 Å². The fraction of sp³-hybridized carbons (Fsp3) is 0.444. The quantitative estimate of drug-likeness (QED) is 0.833. The van der Waals surface area contributed by atoms with Crippen molar-refractivity contribution >= 4 is 5.91 Å². The van der Waals surface area contributed by atoms with Crippen LogP contribution in [-0.2, 0) is 18.4 Å². The topological polar surface area (TPSA) is 68.2 Å². The lowest BCUT2D eigenvalue weighted by Gasteiger charge is -2.17. The summed E-state index contributed by atoms with van der Waals surface area (Å²) in [7, 11) is 1.86. The van der Waals surface area contributed by atoms with E-state index in [1.165, 1.54) is 6.07 Å². The molecule has 2 aromatic rings. The van der Waals surface area contributed by atoms with Crippen molar-refractivity contribution in [3.63, 3.8) is 0 Å². The minimum atomic E-state index is -0.413. The Hall–Kier alpha value is -2.41. The van der Waals surface area contributed by atoms with Gasteiger partial charge < -0.3 is 15.4 Å². The molecule has 0 spiro atoms. The van der Waals surface area contributed by atoms with Crippen molar-refractivity contribution in [2.45, 2.75) is 19.4 Å². The predicted molar refractivity (Wildman–Crippen MR) is 91.7 cm³/mol. The fourth-order valence-corrected chi connectivity index (χ4v) is 3.18. The smallest absolute Gasteiger partial charge is 0.225 e. The number of nitrogens with zero attached hydrogens (tertiary/aromatic N) is 2. The maximum atomic E-state index is 13.9. The maximum absolute atomic E-state index is 13.9. The van der Waals surface area contributed by atoms with E-state index in [1.54, 1.807) is 23.0 Å². The summed E-state index contributed by atoms with van der Waals surface area (Å²) in [6.45, 7) is 3.89. The lowest BCUT2D eigenvalue weighted by atomic mass is 9.90. The normalized spacial score (nSPS) is 19.8. The second-order valence-electron chi connectivity index (χ2n) is 6.23. The molecule has 1 aromatic carbocycles. The molecule has 25 heavy (non-hydrogen) atoms. The number of hydrogen-bond donors (Lipinski definition) is 2. The first-order valence-corrected chi connectivity index (χ1v) is 8.46. The molecule has 6 nitrogen and oxygen atoms in total. The summed E-state index contributed by atoms with van der Waals surface area (Å²) in [4.78, 5) is 12.6. The first kappa shape index (κ1) is 17.4. The Morgan fingerprint density at radius 1 is 1.48 bits per heavy atom. The minimum Gasteiger partial charge on any atom is -0.491 e. The highest BCUT2D eigenvalue weighted by atomic mass is 19.1. The Morgan fingerprint density at radius 2 is 2.32 bits per heavy atom. The van der Waals surface area contributed by atoms with Crippen molar-refractivity contribution in [3.8, 4) is 5.75 Å². The number of aromatic nitrogens is 2. The number of ether oxygens (including phenoxy) is 1. The average Bonchev–Trinajstić information content (AvgIpc) is 3.23. The van der Waals surface area contributed by atoms with E-state index < -0.39 is 5.82 Å². The molecule has 3 rings (SSSR count). The minimum absolute atomic E-state index is 0.0341. The molecular formula is C18H23FN4O2. The Morgan fingerprint density at radius 3 is 3.00 bits per heavy atom. The van der Waals surface area contributed by atoms with Gasteiger partial charge in [-0.05, 0) is 30.2 Å². The molecule has 1 aliphatic heterocycles. The first-order chi connectivity index (χ1) is 12.1. The number of aryl methyl sites for hydroxylation is 1. The van der Waals surface area contributed by atoms with Gasteiger partial charge >= 0.3 is 0 Å². The van der Waals surface area contributed by atoms with Gasteiger partial charge in [-0.3, -0.25) is 9.48 Å². The molecule has 1 fully saturated rings. The summed E-state index contributed by atoms with van der Waals surface area (Å²) in [6, 6.07) is 4.76. The Bertz CT molecular complexity index is 746. The molecule has 2 heterocycles. The second kappa shape index (κ2) is 7.65. The zero-order valence-corrected chi connectivity index (χ0v) is 14.5. The number of halogens is 1. The highest BCUT2D eigenvalue weighted by molar-refractivity contribution is 5.80. The standard InChI is InChI=1S/C18H23FN4O2/c1-3-25-17-5-4-12(6-16(17)19)7-21-18(24)15-10-20-9-14(15)13-8-22-23(2)11-13/h4-6,8,11,14-15,20H,3,7,9-10H2,1-2H3,(H,21,24)/t14-,15+/m1/s1. The predicted octanol–water partition coefficient (Wildman–Crippen LogP) is 1.58. The van der Waals surface area contributed by atoms with Crippen molar-refractivity contribution in [2.24, 2.45) is 13.0 Å². The van der Waals surface area contributed by atoms with E-state index in [0.29, 0.717) is 25.3 Å². The Labute approximate surface area is 146 Å². The van der Waals surface area contributed by atoms with Crippen LogP contribution in [0.1, 0.15) is 24.0 Å². The molecule has 0 saturated carbocycles. The Balaban J connectivity index is 1.61. The number of carbonyl (C=O) groups excluding carboxylic acids is 1. The second-order valence-corrected chi connectivity index (χ2v) is 6.23. The average molecular weight is 346 g/mol. The highest BCUT2D eigenvalue weighted by Crippen LogP contribution is 2.28. The van der Waals surface area contributed by atoms with Gasteiger partial charge in [0.15, 0.2) is 11.6 Å². The van der Waals surface area contributed by atoms with E-state index in [4.69, 9.17) is 4.74 Å². The van der Waals surface area contributed by atoms with E-state index in [1.807, 2.05) is 20.2 Å². The number of hydrogen-bond acceptors (Lipinski definition) is 4. The van der Waals surface area contributed by atoms with Crippen molar-refractivity contribution in [1.82, 2.24) is 20.4 Å². The van der Waals surface area contributed by atoms with Gasteiger partial charge in [0.25, 0.3) is 0 Å². The van der Waals surface area contributed by atoms with E-state index in [9.17, 15) is 9.18 Å². The van der Waals surface area contributed by atoms with Crippen LogP contribution in [0.5, 0.6) is 5.75 Å². The molecule has 7 heteroatoms. The van der Waals surface area contributed by atoms with Crippen LogP contribution in [0.2, 0.25) is 0 Å². The van der Waals surface area contributed by atoms with Crippen LogP contribution in [0.3, 0.4) is 0 Å². The van der Waals surface area contributed by atoms with E-state index in [2.05, 4.69) is 15.7 Å². The van der Waals surface area contributed by atoms with Crippen molar-refractivity contribution in [1.29, 1.82) is 0 Å². The van der Waals surface area contributed by atoms with Gasteiger partial charge in [0, 0.05) is 38.8 Å². The SMILES string of the molecule is CCOc1ccc(CNC(=O)[C@H]2CNC[C@@H]2c2cnn(C)c2)cc1F. The van der Waals surface area contributed by atoms with Crippen LogP contribution in [0, 0.1) is 11.7 Å². The molecular weight excluding hydrogens is 323 g/mol. The van der Waals surface area contributed by atoms with Gasteiger partial charge in [0.05, 0.1) is 18.7 Å². The van der Waals surface area contributed by atoms with Crippen LogP contribution in [-0.4, -0.2) is 35.4 Å². The summed E-state index contributed by atoms with van der Waals surface area (Å²) in [5.41, 5.74) is 1.76. The molecule has 2 N–H and O–H groups in total. The first-order valence-electron chi connectivity index (χ1n) is 8.46. The summed E-state index contributed by atoms with van der Waals surface area (Å²) >= 11 is 0. The van der Waals surface area contributed by atoms with Crippen LogP contribution < -0.4 is 15.4 Å².